The number of rotatable bonds is 4. The van der Waals surface area contributed by atoms with Crippen molar-refractivity contribution < 1.29 is 9.84 Å². The van der Waals surface area contributed by atoms with Crippen molar-refractivity contribution in [3.05, 3.63) is 23.9 Å². The molecule has 1 saturated heterocycles. The predicted octanol–water partition coefficient (Wildman–Crippen LogP) is 1.05. The van der Waals surface area contributed by atoms with Crippen molar-refractivity contribution in [2.75, 3.05) is 20.2 Å². The van der Waals surface area contributed by atoms with Gasteiger partial charge in [-0.05, 0) is 12.5 Å². The topological polar surface area (TPSA) is 45.6 Å². The Morgan fingerprint density at radius 3 is 2.94 bits per heavy atom. The van der Waals surface area contributed by atoms with E-state index in [1.165, 1.54) is 0 Å². The van der Waals surface area contributed by atoms with Crippen molar-refractivity contribution in [2.24, 2.45) is 0 Å². The number of β-amino-alcohol motifs (C(OH)–C–C–N with tert-alkyl or cyclic N) is 1. The van der Waals surface area contributed by atoms with Gasteiger partial charge in [0, 0.05) is 31.4 Å². The van der Waals surface area contributed by atoms with Crippen LogP contribution in [-0.2, 0) is 6.54 Å². The molecule has 1 N–H and O–H groups in total. The highest BCUT2D eigenvalue weighted by atomic mass is 16.5. The summed E-state index contributed by atoms with van der Waals surface area (Å²) in [7, 11) is 1.63. The lowest BCUT2D eigenvalue weighted by molar-refractivity contribution is -0.103. The molecule has 1 aromatic rings. The molecule has 0 aromatic carbocycles. The summed E-state index contributed by atoms with van der Waals surface area (Å²) in [4.78, 5) is 6.35. The van der Waals surface area contributed by atoms with Crippen LogP contribution < -0.4 is 4.74 Å². The Morgan fingerprint density at radius 2 is 2.31 bits per heavy atom. The fourth-order valence-corrected chi connectivity index (χ4v) is 2.09. The van der Waals surface area contributed by atoms with Gasteiger partial charge in [0.05, 0.1) is 12.7 Å². The van der Waals surface area contributed by atoms with E-state index in [-0.39, 0.29) is 0 Å². The maximum absolute atomic E-state index is 9.91. The molecule has 0 spiro atoms. The van der Waals surface area contributed by atoms with Crippen LogP contribution in [0.2, 0.25) is 0 Å². The Bertz CT molecular complexity index is 362. The minimum Gasteiger partial charge on any atom is -0.481 e. The zero-order valence-corrected chi connectivity index (χ0v) is 9.81. The lowest BCUT2D eigenvalue weighted by Gasteiger charge is -2.46. The molecule has 0 unspecified atom stereocenters. The molecular formula is C12H18N2O2. The van der Waals surface area contributed by atoms with Gasteiger partial charge in [0.2, 0.25) is 5.88 Å². The van der Waals surface area contributed by atoms with Gasteiger partial charge in [-0.1, -0.05) is 13.0 Å². The molecule has 1 aliphatic heterocycles. The van der Waals surface area contributed by atoms with E-state index < -0.39 is 5.60 Å². The Labute approximate surface area is 95.9 Å². The van der Waals surface area contributed by atoms with Gasteiger partial charge < -0.3 is 9.84 Å². The van der Waals surface area contributed by atoms with E-state index in [4.69, 9.17) is 4.74 Å². The van der Waals surface area contributed by atoms with E-state index in [1.807, 2.05) is 19.1 Å². The fraction of sp³-hybridized carbons (Fsp3) is 0.583. The molecule has 1 aromatic heterocycles. The van der Waals surface area contributed by atoms with E-state index in [0.717, 1.165) is 31.6 Å². The van der Waals surface area contributed by atoms with Gasteiger partial charge in [-0.25, -0.2) is 4.98 Å². The van der Waals surface area contributed by atoms with E-state index in [0.29, 0.717) is 5.88 Å². The van der Waals surface area contributed by atoms with Crippen LogP contribution in [0.25, 0.3) is 0 Å². The number of aliphatic hydroxyl groups is 1. The molecule has 4 nitrogen and oxygen atoms in total. The summed E-state index contributed by atoms with van der Waals surface area (Å²) in [6.07, 6.45) is 2.54. The lowest BCUT2D eigenvalue weighted by Crippen LogP contribution is -2.60. The Kier molecular flexibility index (Phi) is 3.12. The Balaban J connectivity index is 1.96. The summed E-state index contributed by atoms with van der Waals surface area (Å²) < 4.78 is 5.19. The third kappa shape index (κ3) is 2.18. The second-order valence-corrected chi connectivity index (χ2v) is 4.39. The van der Waals surface area contributed by atoms with Gasteiger partial charge in [0.25, 0.3) is 0 Å². The van der Waals surface area contributed by atoms with Crippen LogP contribution in [0.5, 0.6) is 5.88 Å². The van der Waals surface area contributed by atoms with Crippen LogP contribution in [0.1, 0.15) is 18.9 Å². The van der Waals surface area contributed by atoms with Crippen LogP contribution in [0.3, 0.4) is 0 Å². The van der Waals surface area contributed by atoms with Gasteiger partial charge in [0.1, 0.15) is 0 Å². The summed E-state index contributed by atoms with van der Waals surface area (Å²) in [5.41, 5.74) is 0.596. The molecule has 0 atom stereocenters. The largest absolute Gasteiger partial charge is 0.481 e. The van der Waals surface area contributed by atoms with Gasteiger partial charge in [-0.2, -0.15) is 0 Å². The van der Waals surface area contributed by atoms with Crippen LogP contribution >= 0.6 is 0 Å². The van der Waals surface area contributed by atoms with Gasteiger partial charge >= 0.3 is 0 Å². The van der Waals surface area contributed by atoms with E-state index in [9.17, 15) is 5.11 Å². The van der Waals surface area contributed by atoms with Crippen molar-refractivity contribution in [3.8, 4) is 5.88 Å². The Morgan fingerprint density at radius 1 is 1.56 bits per heavy atom. The molecule has 0 bridgehead atoms. The predicted molar refractivity (Wildman–Crippen MR) is 61.3 cm³/mol. The van der Waals surface area contributed by atoms with Gasteiger partial charge in [-0.3, -0.25) is 4.90 Å². The van der Waals surface area contributed by atoms with Gasteiger partial charge in [-0.15, -0.1) is 0 Å². The number of hydrogen-bond donors (Lipinski definition) is 1. The van der Waals surface area contributed by atoms with Crippen LogP contribution in [0.4, 0.5) is 0 Å². The number of likely N-dealkylation sites (tertiary alicyclic amines) is 1. The van der Waals surface area contributed by atoms with Crippen molar-refractivity contribution in [1.82, 2.24) is 9.88 Å². The van der Waals surface area contributed by atoms with E-state index in [2.05, 4.69) is 9.88 Å². The van der Waals surface area contributed by atoms with Crippen LogP contribution in [0, 0.1) is 0 Å². The highest BCUT2D eigenvalue weighted by Gasteiger charge is 2.39. The molecule has 1 fully saturated rings. The summed E-state index contributed by atoms with van der Waals surface area (Å²) in [6, 6.07) is 3.92. The van der Waals surface area contributed by atoms with Crippen LogP contribution in [0.15, 0.2) is 18.3 Å². The summed E-state index contributed by atoms with van der Waals surface area (Å²) in [5.74, 6) is 0.675. The maximum Gasteiger partial charge on any atom is 0.217 e. The first-order valence-electron chi connectivity index (χ1n) is 5.59. The minimum atomic E-state index is -0.477. The second-order valence-electron chi connectivity index (χ2n) is 4.39. The zero-order chi connectivity index (χ0) is 11.6. The molecule has 0 amide bonds. The molecule has 0 radical (unpaired) electrons. The molecule has 2 rings (SSSR count). The van der Waals surface area contributed by atoms with Crippen molar-refractivity contribution in [3.63, 3.8) is 0 Å². The standard InChI is InChI=1S/C12H18N2O2/c1-3-12(15)8-14(9-12)7-10-5-4-6-13-11(10)16-2/h4-6,15H,3,7-9H2,1-2H3. The highest BCUT2D eigenvalue weighted by molar-refractivity contribution is 5.25. The summed E-state index contributed by atoms with van der Waals surface area (Å²) in [5, 5.41) is 9.91. The third-order valence-electron chi connectivity index (χ3n) is 3.13. The first-order chi connectivity index (χ1) is 7.67. The van der Waals surface area contributed by atoms with E-state index in [1.54, 1.807) is 13.3 Å². The van der Waals surface area contributed by atoms with Crippen LogP contribution in [-0.4, -0.2) is 40.8 Å². The second kappa shape index (κ2) is 4.39. The number of nitrogens with zero attached hydrogens (tertiary/aromatic N) is 2. The average molecular weight is 222 g/mol. The lowest BCUT2D eigenvalue weighted by atomic mass is 9.91. The normalized spacial score (nSPS) is 19.2. The first kappa shape index (κ1) is 11.4. The zero-order valence-electron chi connectivity index (χ0n) is 9.81. The van der Waals surface area contributed by atoms with Crippen molar-refractivity contribution >= 4 is 0 Å². The molecule has 4 heteroatoms. The SMILES string of the molecule is CCC1(O)CN(Cc2cccnc2OC)C1. The number of pyridine rings is 1. The summed E-state index contributed by atoms with van der Waals surface area (Å²) >= 11 is 0. The third-order valence-corrected chi connectivity index (χ3v) is 3.13. The molecule has 2 heterocycles. The number of methoxy groups -OCH3 is 1. The molecule has 0 saturated carbocycles. The smallest absolute Gasteiger partial charge is 0.217 e. The number of ether oxygens (including phenoxy) is 1. The maximum atomic E-state index is 9.91. The van der Waals surface area contributed by atoms with E-state index >= 15 is 0 Å². The Hall–Kier alpha value is -1.13. The molecule has 88 valence electrons. The van der Waals surface area contributed by atoms with Gasteiger partial charge in [0.15, 0.2) is 0 Å². The monoisotopic (exact) mass is 222 g/mol. The first-order valence-corrected chi connectivity index (χ1v) is 5.59. The molecule has 0 aliphatic carbocycles. The molecule has 16 heavy (non-hydrogen) atoms. The summed E-state index contributed by atoms with van der Waals surface area (Å²) in [6.45, 7) is 4.28. The van der Waals surface area contributed by atoms with Crippen molar-refractivity contribution in [2.45, 2.75) is 25.5 Å². The fourth-order valence-electron chi connectivity index (χ4n) is 2.09. The minimum absolute atomic E-state index is 0.477. The average Bonchev–Trinajstić information content (AvgIpc) is 2.27. The number of hydrogen-bond acceptors (Lipinski definition) is 4. The van der Waals surface area contributed by atoms with Crippen molar-refractivity contribution in [1.29, 1.82) is 0 Å². The highest BCUT2D eigenvalue weighted by Crippen LogP contribution is 2.27. The molecular weight excluding hydrogens is 204 g/mol. The quantitative estimate of drug-likeness (QED) is 0.827. The number of aromatic nitrogens is 1. The molecule has 1 aliphatic rings.